The molecule has 2 rings (SSSR count). The van der Waals surface area contributed by atoms with Crippen molar-refractivity contribution in [1.82, 2.24) is 10.2 Å². The summed E-state index contributed by atoms with van der Waals surface area (Å²) in [6.45, 7) is 5.43. The van der Waals surface area contributed by atoms with E-state index < -0.39 is 0 Å². The lowest BCUT2D eigenvalue weighted by Crippen LogP contribution is -2.44. The first-order valence-electron chi connectivity index (χ1n) is 4.87. The minimum atomic E-state index is 0.476. The van der Waals surface area contributed by atoms with Crippen LogP contribution in [-0.4, -0.2) is 50.8 Å². The van der Waals surface area contributed by atoms with Crippen LogP contribution in [-0.2, 0) is 4.74 Å². The highest BCUT2D eigenvalue weighted by Gasteiger charge is 2.28. The molecular weight excluding hydrogens is 152 g/mol. The molecule has 3 nitrogen and oxygen atoms in total. The number of ether oxygens (including phenoxy) is 1. The van der Waals surface area contributed by atoms with Crippen LogP contribution in [0.25, 0.3) is 0 Å². The van der Waals surface area contributed by atoms with Crippen LogP contribution in [0.2, 0.25) is 0 Å². The number of rotatable bonds is 0. The molecule has 0 aliphatic carbocycles. The molecule has 0 saturated carbocycles. The Hall–Kier alpha value is -0.120. The normalized spacial score (nSPS) is 38.8. The first-order valence-corrected chi connectivity index (χ1v) is 4.87. The van der Waals surface area contributed by atoms with Gasteiger partial charge in [0.25, 0.3) is 0 Å². The Labute approximate surface area is 74.1 Å². The van der Waals surface area contributed by atoms with Gasteiger partial charge in [-0.15, -0.1) is 0 Å². The highest BCUT2D eigenvalue weighted by Crippen LogP contribution is 2.19. The van der Waals surface area contributed by atoms with Crippen molar-refractivity contribution in [3.8, 4) is 0 Å². The van der Waals surface area contributed by atoms with Gasteiger partial charge in [-0.3, -0.25) is 0 Å². The minimum Gasteiger partial charge on any atom is -0.375 e. The summed E-state index contributed by atoms with van der Waals surface area (Å²) in [5, 5.41) is 3.38. The third-order valence-electron chi connectivity index (χ3n) is 2.91. The van der Waals surface area contributed by atoms with E-state index in [1.54, 1.807) is 0 Å². The molecule has 2 fully saturated rings. The molecule has 0 radical (unpaired) electrons. The van der Waals surface area contributed by atoms with Crippen LogP contribution in [0.1, 0.15) is 6.42 Å². The molecule has 3 heteroatoms. The van der Waals surface area contributed by atoms with E-state index in [1.807, 2.05) is 0 Å². The summed E-state index contributed by atoms with van der Waals surface area (Å²) < 4.78 is 5.77. The highest BCUT2D eigenvalue weighted by atomic mass is 16.5. The van der Waals surface area contributed by atoms with Crippen LogP contribution in [0, 0.1) is 5.92 Å². The summed E-state index contributed by atoms with van der Waals surface area (Å²) in [5.74, 6) is 0.763. The Morgan fingerprint density at radius 1 is 1.50 bits per heavy atom. The maximum Gasteiger partial charge on any atom is 0.0740 e. The molecule has 2 saturated heterocycles. The Balaban J connectivity index is 1.96. The summed E-state index contributed by atoms with van der Waals surface area (Å²) in [6.07, 6.45) is 1.75. The van der Waals surface area contributed by atoms with Gasteiger partial charge in [0.15, 0.2) is 0 Å². The molecule has 70 valence electrons. The van der Waals surface area contributed by atoms with Crippen molar-refractivity contribution >= 4 is 0 Å². The number of nitrogens with one attached hydrogen (secondary N) is 1. The number of piperidine rings is 1. The lowest BCUT2D eigenvalue weighted by atomic mass is 9.95. The van der Waals surface area contributed by atoms with E-state index in [2.05, 4.69) is 17.3 Å². The van der Waals surface area contributed by atoms with Crippen LogP contribution >= 0.6 is 0 Å². The van der Waals surface area contributed by atoms with Gasteiger partial charge in [0.05, 0.1) is 12.7 Å². The monoisotopic (exact) mass is 170 g/mol. The molecule has 2 atom stereocenters. The Bertz CT molecular complexity index is 151. The zero-order chi connectivity index (χ0) is 8.39. The van der Waals surface area contributed by atoms with E-state index >= 15 is 0 Å². The van der Waals surface area contributed by atoms with Crippen molar-refractivity contribution in [2.75, 3.05) is 39.8 Å². The zero-order valence-corrected chi connectivity index (χ0v) is 7.75. The summed E-state index contributed by atoms with van der Waals surface area (Å²) >= 11 is 0. The third-order valence-corrected chi connectivity index (χ3v) is 2.91. The van der Waals surface area contributed by atoms with Gasteiger partial charge in [-0.2, -0.15) is 0 Å². The van der Waals surface area contributed by atoms with Gasteiger partial charge in [0.2, 0.25) is 0 Å². The SMILES string of the molecule is CN1CCOC2CNCCC2C1. The van der Waals surface area contributed by atoms with E-state index in [0.29, 0.717) is 6.10 Å². The van der Waals surface area contributed by atoms with E-state index in [-0.39, 0.29) is 0 Å². The predicted octanol–water partition coefficient (Wildman–Crippen LogP) is -0.0735. The molecule has 0 aromatic carbocycles. The summed E-state index contributed by atoms with van der Waals surface area (Å²) in [4.78, 5) is 2.38. The first-order chi connectivity index (χ1) is 5.86. The van der Waals surface area contributed by atoms with Crippen molar-refractivity contribution in [2.24, 2.45) is 5.92 Å². The fourth-order valence-corrected chi connectivity index (χ4v) is 2.14. The molecule has 2 heterocycles. The Morgan fingerprint density at radius 2 is 2.42 bits per heavy atom. The number of hydrogen-bond donors (Lipinski definition) is 1. The molecule has 0 aromatic heterocycles. The predicted molar refractivity (Wildman–Crippen MR) is 48.2 cm³/mol. The molecule has 2 aliphatic rings. The number of likely N-dealkylation sites (N-methyl/N-ethyl adjacent to an activating group) is 1. The molecule has 0 aromatic rings. The van der Waals surface area contributed by atoms with Crippen LogP contribution in [0.5, 0.6) is 0 Å². The number of hydrogen-bond acceptors (Lipinski definition) is 3. The molecule has 0 spiro atoms. The van der Waals surface area contributed by atoms with Gasteiger partial charge in [-0.25, -0.2) is 0 Å². The lowest BCUT2D eigenvalue weighted by Gasteiger charge is -2.30. The summed E-state index contributed by atoms with van der Waals surface area (Å²) in [6, 6.07) is 0. The largest absolute Gasteiger partial charge is 0.375 e. The molecule has 1 N–H and O–H groups in total. The van der Waals surface area contributed by atoms with Crippen LogP contribution in [0.4, 0.5) is 0 Å². The van der Waals surface area contributed by atoms with Crippen molar-refractivity contribution in [3.05, 3.63) is 0 Å². The molecule has 2 unspecified atom stereocenters. The fraction of sp³-hybridized carbons (Fsp3) is 1.00. The van der Waals surface area contributed by atoms with Gasteiger partial charge in [-0.1, -0.05) is 0 Å². The standard InChI is InChI=1S/C9H18N2O/c1-11-4-5-12-9-6-10-3-2-8(9)7-11/h8-10H,2-7H2,1H3. The second kappa shape index (κ2) is 3.73. The second-order valence-electron chi connectivity index (χ2n) is 3.92. The number of nitrogens with zero attached hydrogens (tertiary/aromatic N) is 1. The highest BCUT2D eigenvalue weighted by molar-refractivity contribution is 4.82. The maximum absolute atomic E-state index is 5.77. The molecule has 0 bridgehead atoms. The van der Waals surface area contributed by atoms with E-state index in [0.717, 1.165) is 25.6 Å². The summed E-state index contributed by atoms with van der Waals surface area (Å²) in [7, 11) is 2.19. The van der Waals surface area contributed by atoms with Crippen LogP contribution in [0.15, 0.2) is 0 Å². The zero-order valence-electron chi connectivity index (χ0n) is 7.75. The van der Waals surface area contributed by atoms with Crippen molar-refractivity contribution < 1.29 is 4.74 Å². The lowest BCUT2D eigenvalue weighted by molar-refractivity contribution is 0.0179. The quantitative estimate of drug-likeness (QED) is 0.550. The molecule has 12 heavy (non-hydrogen) atoms. The minimum absolute atomic E-state index is 0.476. The Morgan fingerprint density at radius 3 is 3.33 bits per heavy atom. The van der Waals surface area contributed by atoms with E-state index in [4.69, 9.17) is 4.74 Å². The fourth-order valence-electron chi connectivity index (χ4n) is 2.14. The van der Waals surface area contributed by atoms with Crippen molar-refractivity contribution in [1.29, 1.82) is 0 Å². The van der Waals surface area contributed by atoms with Gasteiger partial charge >= 0.3 is 0 Å². The molecule has 0 amide bonds. The van der Waals surface area contributed by atoms with Crippen LogP contribution in [0.3, 0.4) is 0 Å². The second-order valence-corrected chi connectivity index (χ2v) is 3.92. The average Bonchev–Trinajstić information content (AvgIpc) is 2.25. The van der Waals surface area contributed by atoms with E-state index in [9.17, 15) is 0 Å². The Kier molecular flexibility index (Phi) is 2.63. The molecule has 2 aliphatic heterocycles. The topological polar surface area (TPSA) is 24.5 Å². The third kappa shape index (κ3) is 1.79. The van der Waals surface area contributed by atoms with Gasteiger partial charge in [0, 0.05) is 25.6 Å². The smallest absolute Gasteiger partial charge is 0.0740 e. The average molecular weight is 170 g/mol. The number of fused-ring (bicyclic) bond motifs is 1. The van der Waals surface area contributed by atoms with Gasteiger partial charge < -0.3 is 15.0 Å². The van der Waals surface area contributed by atoms with E-state index in [1.165, 1.54) is 19.5 Å². The summed E-state index contributed by atoms with van der Waals surface area (Å²) in [5.41, 5.74) is 0. The van der Waals surface area contributed by atoms with Crippen molar-refractivity contribution in [2.45, 2.75) is 12.5 Å². The van der Waals surface area contributed by atoms with Gasteiger partial charge in [-0.05, 0) is 20.0 Å². The molecular formula is C9H18N2O. The van der Waals surface area contributed by atoms with Gasteiger partial charge in [0.1, 0.15) is 0 Å². The first kappa shape index (κ1) is 8.48. The maximum atomic E-state index is 5.77. The van der Waals surface area contributed by atoms with Crippen molar-refractivity contribution in [3.63, 3.8) is 0 Å². The van der Waals surface area contributed by atoms with Crippen LogP contribution < -0.4 is 5.32 Å².